The van der Waals surface area contributed by atoms with E-state index in [2.05, 4.69) is 155 Å². The molecule has 0 atom stereocenters. The van der Waals surface area contributed by atoms with Crippen molar-refractivity contribution in [2.24, 2.45) is 0 Å². The number of rotatable bonds is 4. The summed E-state index contributed by atoms with van der Waals surface area (Å²) >= 11 is 0. The van der Waals surface area contributed by atoms with E-state index in [1.54, 1.807) is 0 Å². The van der Waals surface area contributed by atoms with Gasteiger partial charge in [-0.25, -0.2) is 0 Å². The van der Waals surface area contributed by atoms with Gasteiger partial charge in [0, 0.05) is 33.2 Å². The molecule has 0 saturated heterocycles. The molecule has 210 valence electrons. The Kier molecular flexibility index (Phi) is 5.80. The largest absolute Gasteiger partial charge is 0.313 e. The Morgan fingerprint density at radius 2 is 0.864 bits per heavy atom. The van der Waals surface area contributed by atoms with Crippen LogP contribution in [0.3, 0.4) is 0 Å². The van der Waals surface area contributed by atoms with E-state index in [9.17, 15) is 0 Å². The van der Waals surface area contributed by atoms with Gasteiger partial charge >= 0.3 is 0 Å². The fraction of sp³-hybridized carbons (Fsp3) is 0.0952. The van der Waals surface area contributed by atoms with Gasteiger partial charge in [0.2, 0.25) is 0 Å². The second-order valence-corrected chi connectivity index (χ2v) is 12.0. The zero-order chi connectivity index (χ0) is 29.0. The van der Waals surface area contributed by atoms with Gasteiger partial charge in [0.05, 0.1) is 16.6 Å². The van der Waals surface area contributed by atoms with Gasteiger partial charge in [0.15, 0.2) is 0 Å². The van der Waals surface area contributed by atoms with Crippen LogP contribution >= 0.6 is 0 Å². The molecule has 0 amide bonds. The maximum Gasteiger partial charge on any atom is 0.0548 e. The lowest BCUT2D eigenvalue weighted by Gasteiger charge is -2.16. The molecule has 0 unspecified atom stereocenters. The Bertz CT molecular complexity index is 2290. The number of fused-ring (bicyclic) bond motifs is 7. The van der Waals surface area contributed by atoms with Crippen molar-refractivity contribution >= 4 is 32.7 Å². The van der Waals surface area contributed by atoms with Gasteiger partial charge in [0.1, 0.15) is 0 Å². The second kappa shape index (κ2) is 10.1. The molecular weight excluding hydrogens is 532 g/mol. The van der Waals surface area contributed by atoms with Crippen LogP contribution in [0.25, 0.3) is 66.3 Å². The first-order valence-electron chi connectivity index (χ1n) is 15.8. The first-order valence-corrected chi connectivity index (χ1v) is 15.8. The third kappa shape index (κ3) is 3.88. The lowest BCUT2D eigenvalue weighted by atomic mass is 9.94. The molecule has 0 saturated carbocycles. The molecule has 8 aromatic rings. The van der Waals surface area contributed by atoms with Crippen molar-refractivity contribution in [3.63, 3.8) is 0 Å². The summed E-state index contributed by atoms with van der Waals surface area (Å²) in [6.45, 7) is 0. The standard InChI is InChI=1S/C42H32N2/c1-3-11-29(12-4-1)31-19-23-33(24-20-31)43-37-17-9-7-15-35(37)41-39(43)27-28-40-42(41)36-16-8-10-18-38(36)44(40)34-25-21-32(22-26-34)30-13-5-2-6-14-30/h1-7,9,11-15,17,19-28H,8,10,16,18H2. The molecule has 2 aromatic heterocycles. The van der Waals surface area contributed by atoms with E-state index >= 15 is 0 Å². The first kappa shape index (κ1) is 25.2. The van der Waals surface area contributed by atoms with Gasteiger partial charge in [-0.1, -0.05) is 103 Å². The summed E-state index contributed by atoms with van der Waals surface area (Å²) in [6.07, 6.45) is 4.73. The number of benzene rings is 6. The van der Waals surface area contributed by atoms with Crippen molar-refractivity contribution in [1.29, 1.82) is 0 Å². The smallest absolute Gasteiger partial charge is 0.0548 e. The zero-order valence-corrected chi connectivity index (χ0v) is 24.6. The highest BCUT2D eigenvalue weighted by Gasteiger charge is 2.25. The minimum atomic E-state index is 1.12. The number of aromatic nitrogens is 2. The Balaban J connectivity index is 1.27. The van der Waals surface area contributed by atoms with Crippen LogP contribution in [0.15, 0.2) is 146 Å². The molecule has 2 heterocycles. The van der Waals surface area contributed by atoms with E-state index in [0.29, 0.717) is 0 Å². The van der Waals surface area contributed by atoms with Gasteiger partial charge in [-0.05, 0) is 96.0 Å². The Morgan fingerprint density at radius 3 is 1.50 bits per heavy atom. The van der Waals surface area contributed by atoms with Gasteiger partial charge in [-0.3, -0.25) is 0 Å². The predicted octanol–water partition coefficient (Wildman–Crippen LogP) is 10.9. The number of nitrogens with zero attached hydrogens (tertiary/aromatic N) is 2. The topological polar surface area (TPSA) is 9.86 Å². The normalized spacial score (nSPS) is 13.1. The van der Waals surface area contributed by atoms with Gasteiger partial charge < -0.3 is 9.13 Å². The third-order valence-electron chi connectivity index (χ3n) is 9.53. The highest BCUT2D eigenvalue weighted by Crippen LogP contribution is 2.43. The summed E-state index contributed by atoms with van der Waals surface area (Å²) < 4.78 is 5.01. The molecule has 1 aliphatic carbocycles. The monoisotopic (exact) mass is 564 g/mol. The minimum Gasteiger partial charge on any atom is -0.313 e. The Hall–Kier alpha value is -5.34. The molecule has 9 rings (SSSR count). The molecule has 1 aliphatic rings. The van der Waals surface area contributed by atoms with Gasteiger partial charge in [0.25, 0.3) is 0 Å². The summed E-state index contributed by atoms with van der Waals surface area (Å²) in [6, 6.07) is 53.2. The van der Waals surface area contributed by atoms with Crippen molar-refractivity contribution in [3.8, 4) is 33.6 Å². The molecular formula is C42H32N2. The maximum atomic E-state index is 2.55. The predicted molar refractivity (Wildman–Crippen MR) is 185 cm³/mol. The van der Waals surface area contributed by atoms with Crippen molar-refractivity contribution in [1.82, 2.24) is 9.13 Å². The molecule has 0 aliphatic heterocycles. The van der Waals surface area contributed by atoms with Crippen molar-refractivity contribution in [2.75, 3.05) is 0 Å². The molecule has 2 heteroatoms. The first-order chi connectivity index (χ1) is 21.8. The highest BCUT2D eigenvalue weighted by molar-refractivity contribution is 6.22. The van der Waals surface area contributed by atoms with Crippen molar-refractivity contribution in [2.45, 2.75) is 25.7 Å². The number of hydrogen-bond acceptors (Lipinski definition) is 0. The highest BCUT2D eigenvalue weighted by atomic mass is 15.0. The van der Waals surface area contributed by atoms with Crippen LogP contribution in [-0.2, 0) is 12.8 Å². The lowest BCUT2D eigenvalue weighted by Crippen LogP contribution is -2.06. The third-order valence-corrected chi connectivity index (χ3v) is 9.53. The summed E-state index contributed by atoms with van der Waals surface area (Å²) in [5.41, 5.74) is 14.3. The van der Waals surface area contributed by atoms with Gasteiger partial charge in [-0.2, -0.15) is 0 Å². The molecule has 2 nitrogen and oxygen atoms in total. The van der Waals surface area contributed by atoms with E-state index in [0.717, 1.165) is 12.8 Å². The van der Waals surface area contributed by atoms with Gasteiger partial charge in [-0.15, -0.1) is 0 Å². The van der Waals surface area contributed by atoms with Crippen molar-refractivity contribution < 1.29 is 0 Å². The van der Waals surface area contributed by atoms with E-state index in [1.807, 2.05) is 0 Å². The average molecular weight is 565 g/mol. The summed E-state index contributed by atoms with van der Waals surface area (Å²) in [4.78, 5) is 0. The number of hydrogen-bond donors (Lipinski definition) is 0. The van der Waals surface area contributed by atoms with Crippen LogP contribution in [0.4, 0.5) is 0 Å². The summed E-state index contributed by atoms with van der Waals surface area (Å²) in [7, 11) is 0. The molecule has 6 aromatic carbocycles. The quantitative estimate of drug-likeness (QED) is 0.201. The van der Waals surface area contributed by atoms with Crippen molar-refractivity contribution in [3.05, 3.63) is 157 Å². The van der Waals surface area contributed by atoms with E-state index < -0.39 is 0 Å². The van der Waals surface area contributed by atoms with E-state index in [4.69, 9.17) is 0 Å². The Morgan fingerprint density at radius 1 is 0.364 bits per heavy atom. The molecule has 0 bridgehead atoms. The number of para-hydroxylation sites is 1. The molecule has 44 heavy (non-hydrogen) atoms. The lowest BCUT2D eigenvalue weighted by molar-refractivity contribution is 0.667. The minimum absolute atomic E-state index is 1.12. The van der Waals surface area contributed by atoms with Crippen LogP contribution in [-0.4, -0.2) is 9.13 Å². The fourth-order valence-electron chi connectivity index (χ4n) is 7.53. The SMILES string of the molecule is c1ccc(-c2ccc(-n3c4c(c5c6c7ccccc7n(-c7ccc(-c8ccccc8)cc7)c6ccc53)CCCC4)cc2)cc1. The maximum absolute atomic E-state index is 2.55. The van der Waals surface area contributed by atoms with Crippen LogP contribution < -0.4 is 0 Å². The molecule has 0 spiro atoms. The zero-order valence-electron chi connectivity index (χ0n) is 24.6. The van der Waals surface area contributed by atoms with E-state index in [1.165, 1.54) is 90.4 Å². The average Bonchev–Trinajstić information content (AvgIpc) is 3.62. The number of aryl methyl sites for hydroxylation is 1. The Labute approximate surface area is 257 Å². The molecule has 0 fully saturated rings. The molecule has 0 N–H and O–H groups in total. The van der Waals surface area contributed by atoms with Crippen LogP contribution in [0, 0.1) is 0 Å². The summed E-state index contributed by atoms with van der Waals surface area (Å²) in [5.74, 6) is 0. The van der Waals surface area contributed by atoms with Crippen LogP contribution in [0.1, 0.15) is 24.1 Å². The van der Waals surface area contributed by atoms with Crippen LogP contribution in [0.5, 0.6) is 0 Å². The molecule has 0 radical (unpaired) electrons. The summed E-state index contributed by atoms with van der Waals surface area (Å²) in [5, 5.41) is 4.13. The fourth-order valence-corrected chi connectivity index (χ4v) is 7.53. The van der Waals surface area contributed by atoms with Crippen LogP contribution in [0.2, 0.25) is 0 Å². The second-order valence-electron chi connectivity index (χ2n) is 12.0. The van der Waals surface area contributed by atoms with E-state index in [-0.39, 0.29) is 0 Å².